The Balaban J connectivity index is 2.71. The average molecular weight is 381 g/mol. The van der Waals surface area contributed by atoms with Crippen LogP contribution in [0.5, 0.6) is 0 Å². The molecule has 0 bridgehead atoms. The molecule has 0 aliphatic heterocycles. The number of carbonyl (C=O) groups excluding carboxylic acids is 2. The van der Waals surface area contributed by atoms with Gasteiger partial charge in [0.1, 0.15) is 6.61 Å². The molecule has 0 aliphatic rings. The van der Waals surface area contributed by atoms with Gasteiger partial charge in [-0.3, -0.25) is 24.7 Å². The molecule has 1 heterocycles. The van der Waals surface area contributed by atoms with Crippen molar-refractivity contribution in [2.45, 2.75) is 40.4 Å². The maximum absolute atomic E-state index is 12.0. The zero-order valence-corrected chi connectivity index (χ0v) is 16.5. The molecule has 2 N–H and O–H groups in total. The summed E-state index contributed by atoms with van der Waals surface area (Å²) in [6.07, 6.45) is 0.954. The zero-order valence-electron chi connectivity index (χ0n) is 16.5. The molecule has 0 unspecified atom stereocenters. The minimum atomic E-state index is -0.653. The van der Waals surface area contributed by atoms with Crippen LogP contribution in [0.15, 0.2) is 22.5 Å². The number of methoxy groups -OCH3 is 2. The smallest absolute Gasteiger partial charge is 0.312 e. The van der Waals surface area contributed by atoms with Gasteiger partial charge in [-0.05, 0) is 18.6 Å². The van der Waals surface area contributed by atoms with Crippen molar-refractivity contribution >= 4 is 17.8 Å². The number of aromatic nitrogens is 2. The van der Waals surface area contributed by atoms with Crippen molar-refractivity contribution in [2.75, 3.05) is 26.1 Å². The number of amides is 1. The summed E-state index contributed by atoms with van der Waals surface area (Å²) in [4.78, 5) is 42.2. The first-order chi connectivity index (χ1) is 12.6. The molecule has 1 aromatic rings. The molecule has 27 heavy (non-hydrogen) atoms. The van der Waals surface area contributed by atoms with E-state index in [1.165, 1.54) is 20.3 Å². The number of esters is 1. The molecule has 0 aliphatic carbocycles. The van der Waals surface area contributed by atoms with Gasteiger partial charge >= 0.3 is 5.97 Å². The summed E-state index contributed by atoms with van der Waals surface area (Å²) in [5.74, 6) is -0.877. The number of aromatic amines is 1. The highest BCUT2D eigenvalue weighted by Gasteiger charge is 2.22. The number of rotatable bonds is 8. The Morgan fingerprint density at radius 3 is 2.48 bits per heavy atom. The third kappa shape index (κ3) is 7.71. The third-order valence-electron chi connectivity index (χ3n) is 3.48. The van der Waals surface area contributed by atoms with Crippen molar-refractivity contribution in [3.8, 4) is 0 Å². The molecule has 0 saturated carbocycles. The molecule has 0 saturated heterocycles. The van der Waals surface area contributed by atoms with Gasteiger partial charge < -0.3 is 14.2 Å². The van der Waals surface area contributed by atoms with Gasteiger partial charge in [0.15, 0.2) is 6.29 Å². The fourth-order valence-electron chi connectivity index (χ4n) is 1.98. The first-order valence-corrected chi connectivity index (χ1v) is 8.36. The van der Waals surface area contributed by atoms with Crippen molar-refractivity contribution in [2.24, 2.45) is 5.41 Å². The second-order valence-electron chi connectivity index (χ2n) is 6.90. The van der Waals surface area contributed by atoms with E-state index in [1.54, 1.807) is 33.8 Å². The lowest BCUT2D eigenvalue weighted by Crippen LogP contribution is -2.29. The van der Waals surface area contributed by atoms with Crippen LogP contribution < -0.4 is 10.9 Å². The topological polar surface area (TPSA) is 120 Å². The van der Waals surface area contributed by atoms with E-state index in [9.17, 15) is 14.4 Å². The van der Waals surface area contributed by atoms with E-state index in [0.29, 0.717) is 0 Å². The first-order valence-electron chi connectivity index (χ1n) is 8.36. The molecule has 0 atom stereocenters. The molecule has 9 heteroatoms. The summed E-state index contributed by atoms with van der Waals surface area (Å²) >= 11 is 0. The van der Waals surface area contributed by atoms with Crippen LogP contribution in [-0.4, -0.2) is 49.0 Å². The highest BCUT2D eigenvalue weighted by Crippen LogP contribution is 2.15. The maximum atomic E-state index is 12.0. The fourth-order valence-corrected chi connectivity index (χ4v) is 1.98. The number of carbonyl (C=O) groups is 2. The summed E-state index contributed by atoms with van der Waals surface area (Å²) in [5.41, 5.74) is -0.176. The first kappa shape index (κ1) is 22.5. The highest BCUT2D eigenvalue weighted by atomic mass is 16.7. The predicted octanol–water partition coefficient (Wildman–Crippen LogP) is 1.41. The summed E-state index contributed by atoms with van der Waals surface area (Å²) < 4.78 is 15.3. The van der Waals surface area contributed by atoms with Crippen LogP contribution >= 0.6 is 0 Å². The molecule has 1 aromatic heterocycles. The Bertz CT molecular complexity index is 744. The number of nitrogens with one attached hydrogen (secondary N) is 2. The average Bonchev–Trinajstić information content (AvgIpc) is 2.54. The Morgan fingerprint density at radius 1 is 1.30 bits per heavy atom. The number of H-pyrrole nitrogens is 1. The van der Waals surface area contributed by atoms with Crippen molar-refractivity contribution < 1.29 is 23.8 Å². The summed E-state index contributed by atoms with van der Waals surface area (Å²) in [5, 5.41) is 2.52. The Kier molecular flexibility index (Phi) is 8.32. The van der Waals surface area contributed by atoms with Crippen molar-refractivity contribution in [3.63, 3.8) is 0 Å². The van der Waals surface area contributed by atoms with Crippen LogP contribution in [0.4, 0.5) is 5.95 Å². The van der Waals surface area contributed by atoms with Gasteiger partial charge in [0.05, 0.1) is 12.1 Å². The molecule has 0 aromatic carbocycles. The van der Waals surface area contributed by atoms with E-state index >= 15 is 0 Å². The Labute approximate surface area is 158 Å². The lowest BCUT2D eigenvalue weighted by Gasteiger charge is -2.17. The van der Waals surface area contributed by atoms with Gasteiger partial charge in [0.2, 0.25) is 11.9 Å². The monoisotopic (exact) mass is 381 g/mol. The number of hydrogen-bond acceptors (Lipinski definition) is 7. The van der Waals surface area contributed by atoms with E-state index in [2.05, 4.69) is 15.3 Å². The molecule has 0 spiro atoms. The van der Waals surface area contributed by atoms with E-state index in [0.717, 1.165) is 5.57 Å². The summed E-state index contributed by atoms with van der Waals surface area (Å²) in [6, 6.07) is 1.18. The second kappa shape index (κ2) is 9.98. The van der Waals surface area contributed by atoms with E-state index in [1.807, 2.05) is 0 Å². The molecule has 9 nitrogen and oxygen atoms in total. The third-order valence-corrected chi connectivity index (χ3v) is 3.48. The SMILES string of the molecule is COC(OC)/C(C)=C/COC(=O)Cc1cc(=O)[nH]c(NC(=O)C(C)(C)C)n1. The molecular weight excluding hydrogens is 354 g/mol. The Morgan fingerprint density at radius 2 is 1.93 bits per heavy atom. The lowest BCUT2D eigenvalue weighted by molar-refractivity contribution is -0.141. The van der Waals surface area contributed by atoms with Crippen LogP contribution in [-0.2, 0) is 30.2 Å². The predicted molar refractivity (Wildman–Crippen MR) is 99.2 cm³/mol. The molecule has 0 radical (unpaired) electrons. The summed E-state index contributed by atoms with van der Waals surface area (Å²) in [7, 11) is 3.01. The lowest BCUT2D eigenvalue weighted by atomic mass is 9.96. The van der Waals surface area contributed by atoms with Gasteiger partial charge in [-0.15, -0.1) is 0 Å². The largest absolute Gasteiger partial charge is 0.461 e. The maximum Gasteiger partial charge on any atom is 0.312 e. The van der Waals surface area contributed by atoms with Crippen LogP contribution in [0.25, 0.3) is 0 Å². The molecule has 0 fully saturated rings. The van der Waals surface area contributed by atoms with E-state index in [4.69, 9.17) is 14.2 Å². The van der Waals surface area contributed by atoms with Crippen molar-refractivity contribution in [1.82, 2.24) is 9.97 Å². The zero-order chi connectivity index (χ0) is 20.6. The quantitative estimate of drug-likeness (QED) is 0.397. The van der Waals surface area contributed by atoms with Gasteiger partial charge in [-0.1, -0.05) is 20.8 Å². The number of ether oxygens (including phenoxy) is 3. The van der Waals surface area contributed by atoms with Crippen molar-refractivity contribution in [1.29, 1.82) is 0 Å². The van der Waals surface area contributed by atoms with E-state index < -0.39 is 23.2 Å². The second-order valence-corrected chi connectivity index (χ2v) is 6.90. The highest BCUT2D eigenvalue weighted by molar-refractivity contribution is 5.93. The van der Waals surface area contributed by atoms with Crippen molar-refractivity contribution in [3.05, 3.63) is 33.8 Å². The summed E-state index contributed by atoms with van der Waals surface area (Å²) in [6.45, 7) is 7.01. The number of anilines is 1. The van der Waals surface area contributed by atoms with Gasteiger partial charge in [0, 0.05) is 25.7 Å². The number of nitrogens with zero attached hydrogens (tertiary/aromatic N) is 1. The normalized spacial score (nSPS) is 12.2. The minimum absolute atomic E-state index is 0.0102. The molecule has 1 rings (SSSR count). The van der Waals surface area contributed by atoms with Crippen LogP contribution in [0.1, 0.15) is 33.4 Å². The van der Waals surface area contributed by atoms with Crippen LogP contribution in [0.3, 0.4) is 0 Å². The minimum Gasteiger partial charge on any atom is -0.461 e. The van der Waals surface area contributed by atoms with Crippen LogP contribution in [0, 0.1) is 5.41 Å². The molecule has 150 valence electrons. The fraction of sp³-hybridized carbons (Fsp3) is 0.556. The Hall–Kier alpha value is -2.52. The van der Waals surface area contributed by atoms with Crippen LogP contribution in [0.2, 0.25) is 0 Å². The number of hydrogen-bond donors (Lipinski definition) is 2. The van der Waals surface area contributed by atoms with E-state index in [-0.39, 0.29) is 30.6 Å². The standard InChI is InChI=1S/C18H27N3O6/c1-11(15(25-5)26-6)7-8-27-14(23)10-12-9-13(22)20-17(19-12)21-16(24)18(2,3)4/h7,9,15H,8,10H2,1-6H3,(H2,19,20,21,22,24)/b11-7+. The van der Waals surface area contributed by atoms with Gasteiger partial charge in [0.25, 0.3) is 5.56 Å². The molecule has 1 amide bonds. The van der Waals surface area contributed by atoms with Gasteiger partial charge in [-0.25, -0.2) is 4.98 Å². The van der Waals surface area contributed by atoms with Gasteiger partial charge in [-0.2, -0.15) is 0 Å². The molecular formula is C18H27N3O6.